The second kappa shape index (κ2) is 14.5. The summed E-state index contributed by atoms with van der Waals surface area (Å²) in [4.78, 5) is 63.4. The van der Waals surface area contributed by atoms with Crippen molar-refractivity contribution in [3.05, 3.63) is 95.6 Å². The first kappa shape index (κ1) is 33.3. The van der Waals surface area contributed by atoms with Gasteiger partial charge in [0, 0.05) is 19.4 Å². The van der Waals surface area contributed by atoms with Crippen molar-refractivity contribution in [1.82, 2.24) is 20.2 Å². The molecule has 0 bridgehead atoms. The van der Waals surface area contributed by atoms with E-state index in [1.807, 2.05) is 44.2 Å². The average Bonchev–Trinajstić information content (AvgIpc) is 3.04. The Morgan fingerprint density at radius 2 is 1.49 bits per heavy atom. The molecule has 0 aromatic heterocycles. The maximum atomic E-state index is 14.5. The van der Waals surface area contributed by atoms with E-state index in [1.165, 1.54) is 34.1 Å². The first-order valence-corrected chi connectivity index (χ1v) is 15.7. The van der Waals surface area contributed by atoms with Crippen LogP contribution in [0.15, 0.2) is 78.9 Å². The lowest BCUT2D eigenvalue weighted by Crippen LogP contribution is -2.75. The maximum Gasteiger partial charge on any atom is 0.433 e. The van der Waals surface area contributed by atoms with Crippen LogP contribution in [0.5, 0.6) is 11.5 Å². The monoisotopic (exact) mass is 644 g/mol. The number of nitrogens with one attached hydrogen (secondary N) is 1. The average molecular weight is 645 g/mol. The molecule has 47 heavy (non-hydrogen) atoms. The minimum Gasteiger partial charge on any atom is -0.508 e. The summed E-state index contributed by atoms with van der Waals surface area (Å²) >= 11 is 0. The van der Waals surface area contributed by atoms with Gasteiger partial charge in [-0.3, -0.25) is 19.2 Å². The molecule has 2 fully saturated rings. The molecule has 12 heteroatoms. The minimum absolute atomic E-state index is 0.00189. The van der Waals surface area contributed by atoms with Crippen molar-refractivity contribution in [2.24, 2.45) is 5.92 Å². The standard InChI is InChI=1S/C35H40N4O8/c1-22(2)18-30-34(44)38-29(20-25-10-14-27(41)15-11-25)33(43)37(21-31(38)39(47-30)35(45)46)28(19-24-8-12-26(40)13-9-24)32(42)36-17-16-23-6-4-3-5-7-23/h3-15,22,28-31,40-41H,16-21H2,1-2H3,(H,36,42)(H,45,46)/t28?,29-,30+,31?/m0/s1. The predicted molar refractivity (Wildman–Crippen MR) is 171 cm³/mol. The van der Waals surface area contributed by atoms with E-state index in [0.717, 1.165) is 10.6 Å². The highest BCUT2D eigenvalue weighted by Gasteiger charge is 2.54. The quantitative estimate of drug-likeness (QED) is 0.247. The minimum atomic E-state index is -1.43. The Balaban J connectivity index is 1.51. The summed E-state index contributed by atoms with van der Waals surface area (Å²) in [5, 5.41) is 33.6. The number of hydroxylamine groups is 2. The number of carbonyl (C=O) groups is 4. The van der Waals surface area contributed by atoms with E-state index < -0.39 is 48.2 Å². The Morgan fingerprint density at radius 1 is 0.872 bits per heavy atom. The number of amides is 4. The van der Waals surface area contributed by atoms with Gasteiger partial charge in [0.25, 0.3) is 5.91 Å². The molecule has 3 aromatic rings. The first-order chi connectivity index (χ1) is 22.5. The van der Waals surface area contributed by atoms with Gasteiger partial charge in [0.05, 0.1) is 6.54 Å². The molecular formula is C35H40N4O8. The first-order valence-electron chi connectivity index (χ1n) is 15.7. The Kier molecular flexibility index (Phi) is 10.3. The molecule has 2 saturated heterocycles. The molecule has 0 saturated carbocycles. The molecule has 248 valence electrons. The van der Waals surface area contributed by atoms with Gasteiger partial charge in [-0.2, -0.15) is 5.06 Å². The van der Waals surface area contributed by atoms with Gasteiger partial charge in [0.2, 0.25) is 11.8 Å². The fraction of sp³-hybridized carbons (Fsp3) is 0.371. The highest BCUT2D eigenvalue weighted by molar-refractivity contribution is 5.95. The van der Waals surface area contributed by atoms with Crippen LogP contribution in [0.2, 0.25) is 0 Å². The third-order valence-electron chi connectivity index (χ3n) is 8.47. The topological polar surface area (TPSA) is 160 Å². The second-order valence-corrected chi connectivity index (χ2v) is 12.3. The predicted octanol–water partition coefficient (Wildman–Crippen LogP) is 3.32. The van der Waals surface area contributed by atoms with Crippen LogP contribution in [0.25, 0.3) is 0 Å². The van der Waals surface area contributed by atoms with Crippen LogP contribution in [-0.2, 0) is 38.5 Å². The van der Waals surface area contributed by atoms with Gasteiger partial charge in [0.1, 0.15) is 23.6 Å². The van der Waals surface area contributed by atoms with Crippen LogP contribution in [0.4, 0.5) is 4.79 Å². The zero-order valence-corrected chi connectivity index (χ0v) is 26.4. The van der Waals surface area contributed by atoms with Gasteiger partial charge in [-0.15, -0.1) is 0 Å². The Morgan fingerprint density at radius 3 is 2.09 bits per heavy atom. The lowest BCUT2D eigenvalue weighted by Gasteiger charge is -2.53. The van der Waals surface area contributed by atoms with E-state index >= 15 is 0 Å². The summed E-state index contributed by atoms with van der Waals surface area (Å²) in [5.74, 6) is -1.39. The van der Waals surface area contributed by atoms with Gasteiger partial charge in [-0.1, -0.05) is 68.4 Å². The molecule has 2 aliphatic rings. The number of benzene rings is 3. The summed E-state index contributed by atoms with van der Waals surface area (Å²) in [5.41, 5.74) is 2.32. The van der Waals surface area contributed by atoms with Crippen molar-refractivity contribution in [2.75, 3.05) is 13.1 Å². The highest BCUT2D eigenvalue weighted by atomic mass is 16.7. The summed E-state index contributed by atoms with van der Waals surface area (Å²) < 4.78 is 0. The zero-order chi connectivity index (χ0) is 33.7. The molecule has 0 spiro atoms. The van der Waals surface area contributed by atoms with Crippen molar-refractivity contribution in [3.8, 4) is 11.5 Å². The lowest BCUT2D eigenvalue weighted by atomic mass is 9.94. The van der Waals surface area contributed by atoms with E-state index in [-0.39, 0.29) is 43.2 Å². The van der Waals surface area contributed by atoms with Crippen molar-refractivity contribution in [3.63, 3.8) is 0 Å². The number of aromatic hydroxyl groups is 2. The van der Waals surface area contributed by atoms with E-state index in [2.05, 4.69) is 5.32 Å². The summed E-state index contributed by atoms with van der Waals surface area (Å²) in [6, 6.07) is 19.9. The van der Waals surface area contributed by atoms with Crippen molar-refractivity contribution in [1.29, 1.82) is 0 Å². The Labute approximate surface area is 273 Å². The van der Waals surface area contributed by atoms with Crippen LogP contribution in [0.3, 0.4) is 0 Å². The molecular weight excluding hydrogens is 604 g/mol. The molecule has 2 aliphatic heterocycles. The van der Waals surface area contributed by atoms with E-state index in [9.17, 15) is 34.5 Å². The number of fused-ring (bicyclic) bond motifs is 1. The Bertz CT molecular complexity index is 1560. The number of hydrogen-bond acceptors (Lipinski definition) is 7. The number of hydrogen-bond donors (Lipinski definition) is 4. The van der Waals surface area contributed by atoms with Crippen LogP contribution in [0.1, 0.15) is 37.0 Å². The number of carbonyl (C=O) groups excluding carboxylic acids is 3. The van der Waals surface area contributed by atoms with Gasteiger partial charge in [-0.05, 0) is 59.7 Å². The van der Waals surface area contributed by atoms with E-state index in [1.54, 1.807) is 24.3 Å². The largest absolute Gasteiger partial charge is 0.508 e. The van der Waals surface area contributed by atoms with Crippen LogP contribution < -0.4 is 5.32 Å². The highest BCUT2D eigenvalue weighted by Crippen LogP contribution is 2.32. The van der Waals surface area contributed by atoms with Gasteiger partial charge in [0.15, 0.2) is 12.3 Å². The van der Waals surface area contributed by atoms with E-state index in [4.69, 9.17) is 4.84 Å². The Hall–Kier alpha value is -5.10. The maximum absolute atomic E-state index is 14.5. The fourth-order valence-corrected chi connectivity index (χ4v) is 6.14. The smallest absolute Gasteiger partial charge is 0.433 e. The molecule has 4 atom stereocenters. The summed E-state index contributed by atoms with van der Waals surface area (Å²) in [6.45, 7) is 3.76. The number of phenols is 2. The van der Waals surface area contributed by atoms with E-state index in [0.29, 0.717) is 24.1 Å². The van der Waals surface area contributed by atoms with Gasteiger partial charge in [-0.25, -0.2) is 4.79 Å². The SMILES string of the molecule is CC(C)C[C@H]1ON(C(=O)O)C2CN(C(Cc3ccc(O)cc3)C(=O)NCCc3ccccc3)C(=O)[C@H](Cc3ccc(O)cc3)N2C1=O. The third-order valence-corrected chi connectivity index (χ3v) is 8.47. The molecule has 0 radical (unpaired) electrons. The van der Waals surface area contributed by atoms with Gasteiger partial charge < -0.3 is 30.4 Å². The summed E-state index contributed by atoms with van der Waals surface area (Å²) in [6.07, 6.45) is -2.88. The number of rotatable bonds is 11. The van der Waals surface area contributed by atoms with Crippen LogP contribution in [0, 0.1) is 5.92 Å². The normalized spacial score (nSPS) is 20.2. The molecule has 12 nitrogen and oxygen atoms in total. The second-order valence-electron chi connectivity index (χ2n) is 12.3. The molecule has 4 N–H and O–H groups in total. The van der Waals surface area contributed by atoms with Crippen LogP contribution >= 0.6 is 0 Å². The third kappa shape index (κ3) is 7.83. The zero-order valence-electron chi connectivity index (χ0n) is 26.4. The molecule has 4 amide bonds. The van der Waals surface area contributed by atoms with Crippen molar-refractivity contribution < 1.29 is 39.3 Å². The van der Waals surface area contributed by atoms with Crippen molar-refractivity contribution >= 4 is 23.8 Å². The number of carboxylic acid groups (broad SMARTS) is 1. The molecule has 2 heterocycles. The summed E-state index contributed by atoms with van der Waals surface area (Å²) in [7, 11) is 0. The van der Waals surface area contributed by atoms with Gasteiger partial charge >= 0.3 is 6.09 Å². The molecule has 0 aliphatic carbocycles. The molecule has 2 unspecified atom stereocenters. The van der Waals surface area contributed by atoms with Crippen LogP contribution in [-0.4, -0.2) is 91.4 Å². The molecule has 3 aromatic carbocycles. The number of nitrogens with zero attached hydrogens (tertiary/aromatic N) is 3. The molecule has 5 rings (SSSR count). The number of piperazine rings is 1. The van der Waals surface area contributed by atoms with Crippen molar-refractivity contribution in [2.45, 2.75) is 63.9 Å². The number of phenolic OH excluding ortho intramolecular Hbond substituents is 2. The fourth-order valence-electron chi connectivity index (χ4n) is 6.14. The lowest BCUT2D eigenvalue weighted by molar-refractivity contribution is -0.267.